The summed E-state index contributed by atoms with van der Waals surface area (Å²) >= 11 is 0. The molecule has 2 aliphatic rings. The molecule has 0 radical (unpaired) electrons. The fourth-order valence-corrected chi connectivity index (χ4v) is 4.72. The van der Waals surface area contributed by atoms with Gasteiger partial charge in [0.25, 0.3) is 0 Å². The lowest BCUT2D eigenvalue weighted by Gasteiger charge is -2.38. The molecule has 182 valence electrons. The van der Waals surface area contributed by atoms with Crippen molar-refractivity contribution in [3.05, 3.63) is 65.6 Å². The monoisotopic (exact) mass is 459 g/mol. The first-order valence-electron chi connectivity index (χ1n) is 12.5. The number of piperazine rings is 2. The molecule has 0 atom stereocenters. The highest BCUT2D eigenvalue weighted by Gasteiger charge is 2.21. The Morgan fingerprint density at radius 2 is 1.62 bits per heavy atom. The van der Waals surface area contributed by atoms with Crippen LogP contribution in [0, 0.1) is 19.3 Å². The van der Waals surface area contributed by atoms with Gasteiger partial charge >= 0.3 is 0 Å². The Bertz CT molecular complexity index is 980. The zero-order chi connectivity index (χ0) is 24.7. The third kappa shape index (κ3) is 6.55. The van der Waals surface area contributed by atoms with E-state index >= 15 is 0 Å². The summed E-state index contributed by atoms with van der Waals surface area (Å²) in [6.07, 6.45) is 8.85. The maximum absolute atomic E-state index is 5.42. The number of hydrogen-bond acceptors (Lipinski definition) is 5. The summed E-state index contributed by atoms with van der Waals surface area (Å²) < 4.78 is 0. The van der Waals surface area contributed by atoms with Crippen molar-refractivity contribution in [3.63, 3.8) is 0 Å². The largest absolute Gasteiger partial charge is 0.373 e. The molecule has 1 aromatic carbocycles. The average Bonchev–Trinajstić information content (AvgIpc) is 2.85. The van der Waals surface area contributed by atoms with Crippen LogP contribution < -0.4 is 0 Å². The van der Waals surface area contributed by atoms with Gasteiger partial charge in [-0.05, 0) is 44.4 Å². The molecule has 0 saturated carbocycles. The molecule has 0 amide bonds. The SMILES string of the molecule is C#CC(C)=NC(=C)N1CCN(C(=C)c2cc(CN3CCN(/C(C)=C/CC)CC3)ccc2C)CC1. The molecule has 0 unspecified atom stereocenters. The van der Waals surface area contributed by atoms with E-state index in [2.05, 4.69) is 88.7 Å². The Kier molecular flexibility index (Phi) is 9.01. The Hall–Kier alpha value is -2.97. The third-order valence-electron chi connectivity index (χ3n) is 6.92. The predicted octanol–water partition coefficient (Wildman–Crippen LogP) is 4.58. The molecule has 0 N–H and O–H groups in total. The molecular weight excluding hydrogens is 418 g/mol. The van der Waals surface area contributed by atoms with Gasteiger partial charge in [0.2, 0.25) is 0 Å². The Morgan fingerprint density at radius 3 is 2.24 bits per heavy atom. The van der Waals surface area contributed by atoms with E-state index in [1.165, 1.54) is 22.4 Å². The fraction of sp³-hybridized carbons (Fsp3) is 0.483. The second kappa shape index (κ2) is 11.9. The fourth-order valence-electron chi connectivity index (χ4n) is 4.72. The number of aryl methyl sites for hydroxylation is 1. The highest BCUT2D eigenvalue weighted by Crippen LogP contribution is 2.25. The van der Waals surface area contributed by atoms with Gasteiger partial charge in [-0.15, -0.1) is 6.42 Å². The number of allylic oxidation sites excluding steroid dienone is 2. The standard InChI is InChI=1S/C29H41N5/c1-8-10-25(5)32-15-13-31(14-16-32)22-28-12-11-23(3)29(21-28)26(6)33-17-19-34(20-18-33)27(7)30-24(4)9-2/h2,10-12,21H,6-8,13-20,22H2,1,3-5H3/b25-10+,30-24?. The van der Waals surface area contributed by atoms with Crippen LogP contribution in [0.1, 0.15) is 43.9 Å². The van der Waals surface area contributed by atoms with Crippen molar-refractivity contribution in [2.45, 2.75) is 40.7 Å². The highest BCUT2D eigenvalue weighted by molar-refractivity contribution is 5.98. The number of aliphatic imine (C=N–C) groups is 1. The maximum Gasteiger partial charge on any atom is 0.122 e. The van der Waals surface area contributed by atoms with Crippen molar-refractivity contribution >= 4 is 11.4 Å². The van der Waals surface area contributed by atoms with Gasteiger partial charge in [0.1, 0.15) is 5.82 Å². The van der Waals surface area contributed by atoms with Crippen LogP contribution in [0.3, 0.4) is 0 Å². The molecule has 1 aromatic rings. The number of nitrogens with zero attached hydrogens (tertiary/aromatic N) is 5. The molecule has 0 bridgehead atoms. The molecule has 0 aromatic heterocycles. The molecule has 2 fully saturated rings. The van der Waals surface area contributed by atoms with Crippen molar-refractivity contribution < 1.29 is 0 Å². The van der Waals surface area contributed by atoms with E-state index in [4.69, 9.17) is 6.42 Å². The van der Waals surface area contributed by atoms with Gasteiger partial charge in [0.15, 0.2) is 0 Å². The van der Waals surface area contributed by atoms with Crippen LogP contribution in [-0.2, 0) is 6.54 Å². The summed E-state index contributed by atoms with van der Waals surface area (Å²) in [6, 6.07) is 6.86. The topological polar surface area (TPSA) is 25.3 Å². The number of benzene rings is 1. The van der Waals surface area contributed by atoms with Crippen LogP contribution in [0.4, 0.5) is 0 Å². The summed E-state index contributed by atoms with van der Waals surface area (Å²) in [5, 5.41) is 0. The lowest BCUT2D eigenvalue weighted by atomic mass is 10.0. The molecule has 2 heterocycles. The first-order valence-corrected chi connectivity index (χ1v) is 12.5. The van der Waals surface area contributed by atoms with Crippen LogP contribution in [0.25, 0.3) is 5.70 Å². The van der Waals surface area contributed by atoms with Crippen LogP contribution in [0.5, 0.6) is 0 Å². The van der Waals surface area contributed by atoms with E-state index in [0.717, 1.165) is 76.8 Å². The van der Waals surface area contributed by atoms with E-state index in [1.807, 2.05) is 6.92 Å². The third-order valence-corrected chi connectivity index (χ3v) is 6.92. The molecule has 2 saturated heterocycles. The Morgan fingerprint density at radius 1 is 1.00 bits per heavy atom. The number of rotatable bonds is 8. The summed E-state index contributed by atoms with van der Waals surface area (Å²) in [4.78, 5) is 14.1. The maximum atomic E-state index is 5.42. The Balaban J connectivity index is 1.58. The van der Waals surface area contributed by atoms with Gasteiger partial charge in [-0.3, -0.25) is 4.90 Å². The number of hydrogen-bond donors (Lipinski definition) is 0. The summed E-state index contributed by atoms with van der Waals surface area (Å²) in [5.41, 5.74) is 7.09. The van der Waals surface area contributed by atoms with E-state index < -0.39 is 0 Å². The first-order chi connectivity index (χ1) is 16.3. The minimum atomic E-state index is 0.665. The van der Waals surface area contributed by atoms with Gasteiger partial charge in [-0.1, -0.05) is 44.2 Å². The van der Waals surface area contributed by atoms with Gasteiger partial charge in [0, 0.05) is 75.9 Å². The zero-order valence-corrected chi connectivity index (χ0v) is 21.6. The minimum absolute atomic E-state index is 0.665. The van der Waals surface area contributed by atoms with Crippen LogP contribution >= 0.6 is 0 Å². The molecule has 34 heavy (non-hydrogen) atoms. The second-order valence-electron chi connectivity index (χ2n) is 9.34. The Labute approximate surface area is 207 Å². The lowest BCUT2D eigenvalue weighted by Crippen LogP contribution is -2.45. The molecular formula is C29H41N5. The van der Waals surface area contributed by atoms with E-state index in [-0.39, 0.29) is 0 Å². The average molecular weight is 460 g/mol. The smallest absolute Gasteiger partial charge is 0.122 e. The summed E-state index contributed by atoms with van der Waals surface area (Å²) in [6.45, 7) is 26.0. The van der Waals surface area contributed by atoms with Gasteiger partial charge in [-0.25, -0.2) is 4.99 Å². The van der Waals surface area contributed by atoms with Gasteiger partial charge in [0.05, 0.1) is 5.71 Å². The van der Waals surface area contributed by atoms with Crippen LogP contribution in [0.2, 0.25) is 0 Å². The molecule has 0 spiro atoms. The second-order valence-corrected chi connectivity index (χ2v) is 9.34. The van der Waals surface area contributed by atoms with Crippen LogP contribution in [-0.4, -0.2) is 77.7 Å². The molecule has 2 aliphatic heterocycles. The number of terminal acetylenes is 1. The minimum Gasteiger partial charge on any atom is -0.373 e. The van der Waals surface area contributed by atoms with E-state index in [1.54, 1.807) is 0 Å². The van der Waals surface area contributed by atoms with Gasteiger partial charge < -0.3 is 14.7 Å². The molecule has 0 aliphatic carbocycles. The van der Waals surface area contributed by atoms with Crippen LogP contribution in [0.15, 0.2) is 53.9 Å². The lowest BCUT2D eigenvalue weighted by molar-refractivity contribution is 0.152. The molecule has 5 heteroatoms. The first kappa shape index (κ1) is 25.6. The summed E-state index contributed by atoms with van der Waals surface area (Å²) in [7, 11) is 0. The molecule has 3 rings (SSSR count). The zero-order valence-electron chi connectivity index (χ0n) is 21.6. The predicted molar refractivity (Wildman–Crippen MR) is 145 cm³/mol. The highest BCUT2D eigenvalue weighted by atomic mass is 15.3. The van der Waals surface area contributed by atoms with Crippen molar-refractivity contribution in [1.29, 1.82) is 0 Å². The molecule has 5 nitrogen and oxygen atoms in total. The quantitative estimate of drug-likeness (QED) is 0.420. The van der Waals surface area contributed by atoms with Crippen molar-refractivity contribution in [2.24, 2.45) is 4.99 Å². The van der Waals surface area contributed by atoms with E-state index in [0.29, 0.717) is 5.71 Å². The van der Waals surface area contributed by atoms with Crippen molar-refractivity contribution in [1.82, 2.24) is 19.6 Å². The summed E-state index contributed by atoms with van der Waals surface area (Å²) in [5.74, 6) is 3.32. The van der Waals surface area contributed by atoms with E-state index in [9.17, 15) is 0 Å². The van der Waals surface area contributed by atoms with Gasteiger partial charge in [-0.2, -0.15) is 0 Å². The normalized spacial score (nSPS) is 18.1. The van der Waals surface area contributed by atoms with Crippen molar-refractivity contribution in [2.75, 3.05) is 52.4 Å². The van der Waals surface area contributed by atoms with Crippen molar-refractivity contribution in [3.8, 4) is 12.3 Å².